The average Bonchev–Trinajstić information content (AvgIpc) is 2.83. The molecule has 19 heavy (non-hydrogen) atoms. The standard InChI is InChI=1S/C16H19N3/c1-13(2)16-17-10-15-12-18(8-9-19(15)16)11-14-6-4-3-5-7-14/h3-7,10H,1,8-9,11-12H2,2H3. The first-order valence-electron chi connectivity index (χ1n) is 6.70. The number of hydrogen-bond donors (Lipinski definition) is 0. The van der Waals surface area contributed by atoms with E-state index >= 15 is 0 Å². The molecule has 0 saturated carbocycles. The van der Waals surface area contributed by atoms with Crippen LogP contribution in [0.1, 0.15) is 24.0 Å². The zero-order valence-electron chi connectivity index (χ0n) is 11.3. The van der Waals surface area contributed by atoms with Crippen LogP contribution in [-0.2, 0) is 19.6 Å². The lowest BCUT2D eigenvalue weighted by molar-refractivity contribution is 0.212. The monoisotopic (exact) mass is 253 g/mol. The molecule has 0 radical (unpaired) electrons. The fourth-order valence-electron chi connectivity index (χ4n) is 2.65. The second kappa shape index (κ2) is 5.02. The van der Waals surface area contributed by atoms with Gasteiger partial charge in [0.15, 0.2) is 0 Å². The lowest BCUT2D eigenvalue weighted by Gasteiger charge is -2.28. The minimum absolute atomic E-state index is 0.967. The zero-order valence-corrected chi connectivity index (χ0v) is 11.3. The highest BCUT2D eigenvalue weighted by Crippen LogP contribution is 2.20. The molecule has 0 fully saturated rings. The summed E-state index contributed by atoms with van der Waals surface area (Å²) in [7, 11) is 0. The third kappa shape index (κ3) is 2.47. The molecule has 3 nitrogen and oxygen atoms in total. The highest BCUT2D eigenvalue weighted by Gasteiger charge is 2.19. The first-order valence-corrected chi connectivity index (χ1v) is 6.70. The summed E-state index contributed by atoms with van der Waals surface area (Å²) in [6.07, 6.45) is 1.99. The van der Waals surface area contributed by atoms with E-state index in [1.54, 1.807) is 0 Å². The molecule has 1 aromatic heterocycles. The van der Waals surface area contributed by atoms with Crippen LogP contribution in [-0.4, -0.2) is 21.0 Å². The van der Waals surface area contributed by atoms with E-state index in [-0.39, 0.29) is 0 Å². The van der Waals surface area contributed by atoms with Gasteiger partial charge < -0.3 is 4.57 Å². The summed E-state index contributed by atoms with van der Waals surface area (Å²) in [5.74, 6) is 1.04. The van der Waals surface area contributed by atoms with Gasteiger partial charge >= 0.3 is 0 Å². The van der Waals surface area contributed by atoms with Crippen molar-refractivity contribution in [2.75, 3.05) is 6.54 Å². The molecule has 0 amide bonds. The predicted molar refractivity (Wildman–Crippen MR) is 77.5 cm³/mol. The van der Waals surface area contributed by atoms with E-state index in [9.17, 15) is 0 Å². The Kier molecular flexibility index (Phi) is 3.22. The van der Waals surface area contributed by atoms with E-state index in [0.717, 1.165) is 37.6 Å². The molecule has 0 aliphatic carbocycles. The molecule has 1 aliphatic heterocycles. The van der Waals surface area contributed by atoms with Crippen LogP contribution in [0.2, 0.25) is 0 Å². The summed E-state index contributed by atoms with van der Waals surface area (Å²) in [5, 5.41) is 0. The third-order valence-electron chi connectivity index (χ3n) is 3.59. The van der Waals surface area contributed by atoms with Crippen molar-refractivity contribution in [3.63, 3.8) is 0 Å². The second-order valence-electron chi connectivity index (χ2n) is 5.20. The molecular weight excluding hydrogens is 234 g/mol. The van der Waals surface area contributed by atoms with Crippen LogP contribution >= 0.6 is 0 Å². The number of rotatable bonds is 3. The van der Waals surface area contributed by atoms with Gasteiger partial charge in [0.1, 0.15) is 5.82 Å². The SMILES string of the molecule is C=C(C)c1ncc2n1CCN(Cc1ccccc1)C2. The number of nitrogens with zero attached hydrogens (tertiary/aromatic N) is 3. The minimum Gasteiger partial charge on any atom is -0.326 e. The molecule has 2 aromatic rings. The lowest BCUT2D eigenvalue weighted by atomic mass is 10.2. The van der Waals surface area contributed by atoms with Crippen molar-refractivity contribution in [2.24, 2.45) is 0 Å². The van der Waals surface area contributed by atoms with Crippen LogP contribution in [0.4, 0.5) is 0 Å². The van der Waals surface area contributed by atoms with Gasteiger partial charge in [0, 0.05) is 26.2 Å². The van der Waals surface area contributed by atoms with E-state index < -0.39 is 0 Å². The third-order valence-corrected chi connectivity index (χ3v) is 3.59. The maximum Gasteiger partial charge on any atom is 0.135 e. The highest BCUT2D eigenvalue weighted by molar-refractivity contribution is 5.55. The van der Waals surface area contributed by atoms with Crippen LogP contribution in [0.3, 0.4) is 0 Å². The van der Waals surface area contributed by atoms with Gasteiger partial charge in [0.25, 0.3) is 0 Å². The molecule has 2 heterocycles. The van der Waals surface area contributed by atoms with Crippen molar-refractivity contribution in [3.8, 4) is 0 Å². The van der Waals surface area contributed by atoms with E-state index in [4.69, 9.17) is 0 Å². The van der Waals surface area contributed by atoms with Gasteiger partial charge in [-0.2, -0.15) is 0 Å². The zero-order chi connectivity index (χ0) is 13.2. The molecule has 98 valence electrons. The smallest absolute Gasteiger partial charge is 0.135 e. The van der Waals surface area contributed by atoms with E-state index in [1.165, 1.54) is 11.3 Å². The van der Waals surface area contributed by atoms with Gasteiger partial charge in [-0.3, -0.25) is 4.90 Å². The van der Waals surface area contributed by atoms with E-state index in [1.807, 2.05) is 13.1 Å². The van der Waals surface area contributed by atoms with Crippen molar-refractivity contribution < 1.29 is 0 Å². The Morgan fingerprint density at radius 2 is 2.05 bits per heavy atom. The fourth-order valence-corrected chi connectivity index (χ4v) is 2.65. The molecule has 1 aliphatic rings. The Hall–Kier alpha value is -1.87. The van der Waals surface area contributed by atoms with E-state index in [0.29, 0.717) is 0 Å². The maximum absolute atomic E-state index is 4.48. The molecule has 3 heteroatoms. The number of allylic oxidation sites excluding steroid dienone is 1. The maximum atomic E-state index is 4.48. The Morgan fingerprint density at radius 1 is 1.26 bits per heavy atom. The average molecular weight is 253 g/mol. The van der Waals surface area contributed by atoms with Gasteiger partial charge in [-0.05, 0) is 18.1 Å². The number of aromatic nitrogens is 2. The largest absolute Gasteiger partial charge is 0.326 e. The Morgan fingerprint density at radius 3 is 2.79 bits per heavy atom. The molecule has 0 saturated heterocycles. The van der Waals surface area contributed by atoms with Crippen LogP contribution in [0.15, 0.2) is 43.1 Å². The first kappa shape index (κ1) is 12.2. The molecule has 0 bridgehead atoms. The number of imidazole rings is 1. The van der Waals surface area contributed by atoms with Gasteiger partial charge in [-0.25, -0.2) is 4.98 Å². The second-order valence-corrected chi connectivity index (χ2v) is 5.20. The van der Waals surface area contributed by atoms with Gasteiger partial charge in [-0.15, -0.1) is 0 Å². The number of fused-ring (bicyclic) bond motifs is 1. The van der Waals surface area contributed by atoms with Crippen LogP contribution < -0.4 is 0 Å². The quantitative estimate of drug-likeness (QED) is 0.838. The summed E-state index contributed by atoms with van der Waals surface area (Å²) in [5.41, 5.74) is 3.71. The van der Waals surface area contributed by atoms with Crippen molar-refractivity contribution in [3.05, 3.63) is 60.2 Å². The van der Waals surface area contributed by atoms with Crippen molar-refractivity contribution >= 4 is 5.57 Å². The molecule has 0 spiro atoms. The van der Waals surface area contributed by atoms with Crippen LogP contribution in [0, 0.1) is 0 Å². The van der Waals surface area contributed by atoms with Gasteiger partial charge in [0.2, 0.25) is 0 Å². The Balaban J connectivity index is 1.74. The van der Waals surface area contributed by atoms with Crippen LogP contribution in [0.5, 0.6) is 0 Å². The molecule has 0 N–H and O–H groups in total. The molecule has 3 rings (SSSR count). The van der Waals surface area contributed by atoms with Gasteiger partial charge in [0.05, 0.1) is 11.9 Å². The summed E-state index contributed by atoms with van der Waals surface area (Å²) >= 11 is 0. The van der Waals surface area contributed by atoms with Gasteiger partial charge in [-0.1, -0.05) is 36.9 Å². The van der Waals surface area contributed by atoms with E-state index in [2.05, 4.69) is 51.4 Å². The predicted octanol–water partition coefficient (Wildman–Crippen LogP) is 2.93. The summed E-state index contributed by atoms with van der Waals surface area (Å²) in [4.78, 5) is 6.94. The number of hydrogen-bond acceptors (Lipinski definition) is 2. The van der Waals surface area contributed by atoms with Crippen molar-refractivity contribution in [1.29, 1.82) is 0 Å². The molecule has 0 unspecified atom stereocenters. The Bertz CT molecular complexity index is 583. The van der Waals surface area contributed by atoms with Crippen LogP contribution in [0.25, 0.3) is 5.57 Å². The topological polar surface area (TPSA) is 21.1 Å². The summed E-state index contributed by atoms with van der Waals surface area (Å²) in [6.45, 7) is 10.1. The minimum atomic E-state index is 0.967. The van der Waals surface area contributed by atoms with Crippen molar-refractivity contribution in [2.45, 2.75) is 26.6 Å². The molecular formula is C16H19N3. The van der Waals surface area contributed by atoms with Crippen molar-refractivity contribution in [1.82, 2.24) is 14.5 Å². The highest BCUT2D eigenvalue weighted by atomic mass is 15.2. The number of benzene rings is 1. The summed E-state index contributed by atoms with van der Waals surface area (Å²) < 4.78 is 2.30. The normalized spacial score (nSPS) is 15.2. The lowest BCUT2D eigenvalue weighted by Crippen LogP contribution is -2.33. The summed E-state index contributed by atoms with van der Waals surface area (Å²) in [6, 6.07) is 10.6. The molecule has 0 atom stereocenters. The molecule has 1 aromatic carbocycles. The fraction of sp³-hybridized carbons (Fsp3) is 0.312. The first-order chi connectivity index (χ1) is 9.24. The Labute approximate surface area is 114 Å².